The highest BCUT2D eigenvalue weighted by Crippen LogP contribution is 2.11. The number of aryl methyl sites for hydroxylation is 1. The molecule has 0 unspecified atom stereocenters. The Morgan fingerprint density at radius 3 is 2.53 bits per heavy atom. The minimum Gasteiger partial charge on any atom is -0.487 e. The van der Waals surface area contributed by atoms with E-state index in [-0.39, 0.29) is 6.42 Å². The van der Waals surface area contributed by atoms with Crippen molar-refractivity contribution >= 4 is 5.97 Å². The Morgan fingerprint density at radius 1 is 1.05 bits per heavy atom. The van der Waals surface area contributed by atoms with Crippen molar-refractivity contribution in [2.24, 2.45) is 0 Å². The lowest BCUT2D eigenvalue weighted by atomic mass is 10.2. The molecule has 0 bridgehead atoms. The standard InChI is InChI=1S/C15H15NO3/c17-15(18)10-9-12-5-4-6-13(16-12)11-19-14-7-2-1-3-8-14/h1-8H,9-11H2,(H,17,18). The lowest BCUT2D eigenvalue weighted by molar-refractivity contribution is -0.136. The van der Waals surface area contributed by atoms with Gasteiger partial charge in [-0.25, -0.2) is 0 Å². The summed E-state index contributed by atoms with van der Waals surface area (Å²) in [4.78, 5) is 14.9. The summed E-state index contributed by atoms with van der Waals surface area (Å²) in [7, 11) is 0. The lowest BCUT2D eigenvalue weighted by Gasteiger charge is -2.06. The van der Waals surface area contributed by atoms with Crippen LogP contribution in [0.3, 0.4) is 0 Å². The minimum absolute atomic E-state index is 0.0932. The zero-order valence-electron chi connectivity index (χ0n) is 10.5. The first-order chi connectivity index (χ1) is 9.24. The first kappa shape index (κ1) is 13.1. The van der Waals surface area contributed by atoms with Crippen molar-refractivity contribution in [2.45, 2.75) is 19.4 Å². The van der Waals surface area contributed by atoms with E-state index in [1.165, 1.54) is 0 Å². The largest absolute Gasteiger partial charge is 0.487 e. The van der Waals surface area contributed by atoms with Crippen LogP contribution in [0.4, 0.5) is 0 Å². The summed E-state index contributed by atoms with van der Waals surface area (Å²) in [5.41, 5.74) is 1.57. The number of carboxylic acids is 1. The summed E-state index contributed by atoms with van der Waals surface area (Å²) in [5, 5.41) is 8.64. The monoisotopic (exact) mass is 257 g/mol. The van der Waals surface area contributed by atoms with Gasteiger partial charge in [0.05, 0.1) is 12.1 Å². The number of carbonyl (C=O) groups is 1. The van der Waals surface area contributed by atoms with Crippen molar-refractivity contribution in [3.05, 3.63) is 59.9 Å². The number of aliphatic carboxylic acids is 1. The molecular weight excluding hydrogens is 242 g/mol. The predicted molar refractivity (Wildman–Crippen MR) is 71.0 cm³/mol. The molecule has 1 N–H and O–H groups in total. The van der Waals surface area contributed by atoms with Crippen molar-refractivity contribution in [3.63, 3.8) is 0 Å². The Bertz CT molecular complexity index is 540. The molecule has 0 amide bonds. The van der Waals surface area contributed by atoms with E-state index in [9.17, 15) is 4.79 Å². The van der Waals surface area contributed by atoms with Crippen molar-refractivity contribution in [3.8, 4) is 5.75 Å². The molecule has 0 spiro atoms. The van der Waals surface area contributed by atoms with Crippen LogP contribution in [0.2, 0.25) is 0 Å². The molecule has 98 valence electrons. The van der Waals surface area contributed by atoms with Gasteiger partial charge in [0.2, 0.25) is 0 Å². The average Bonchev–Trinajstić information content (AvgIpc) is 2.44. The number of benzene rings is 1. The van der Waals surface area contributed by atoms with Gasteiger partial charge in [-0.05, 0) is 24.3 Å². The van der Waals surface area contributed by atoms with Gasteiger partial charge < -0.3 is 9.84 Å². The Labute approximate surface area is 111 Å². The van der Waals surface area contributed by atoms with Crippen LogP contribution in [0.5, 0.6) is 5.75 Å². The summed E-state index contributed by atoms with van der Waals surface area (Å²) in [6.07, 6.45) is 0.532. The van der Waals surface area contributed by atoms with Gasteiger partial charge in [-0.15, -0.1) is 0 Å². The quantitative estimate of drug-likeness (QED) is 0.864. The molecule has 1 aromatic carbocycles. The number of hydrogen-bond acceptors (Lipinski definition) is 3. The molecule has 0 aliphatic carbocycles. The average molecular weight is 257 g/mol. The van der Waals surface area contributed by atoms with E-state index in [1.807, 2.05) is 48.5 Å². The van der Waals surface area contributed by atoms with Crippen LogP contribution < -0.4 is 4.74 Å². The third-order valence-electron chi connectivity index (χ3n) is 2.59. The van der Waals surface area contributed by atoms with Gasteiger partial charge in [-0.2, -0.15) is 0 Å². The molecule has 1 heterocycles. The Kier molecular flexibility index (Phi) is 4.50. The van der Waals surface area contributed by atoms with Crippen LogP contribution in [0.1, 0.15) is 17.8 Å². The number of para-hydroxylation sites is 1. The number of rotatable bonds is 6. The second kappa shape index (κ2) is 6.54. The zero-order valence-corrected chi connectivity index (χ0v) is 10.5. The predicted octanol–water partition coefficient (Wildman–Crippen LogP) is 2.68. The number of pyridine rings is 1. The fourth-order valence-electron chi connectivity index (χ4n) is 1.66. The van der Waals surface area contributed by atoms with E-state index >= 15 is 0 Å². The maximum absolute atomic E-state index is 10.5. The molecule has 0 atom stereocenters. The highest BCUT2D eigenvalue weighted by Gasteiger charge is 2.02. The van der Waals surface area contributed by atoms with E-state index in [1.54, 1.807) is 0 Å². The van der Waals surface area contributed by atoms with Crippen molar-refractivity contribution in [2.75, 3.05) is 0 Å². The molecule has 0 radical (unpaired) electrons. The first-order valence-corrected chi connectivity index (χ1v) is 6.08. The third kappa shape index (κ3) is 4.43. The van der Waals surface area contributed by atoms with Crippen LogP contribution >= 0.6 is 0 Å². The number of carboxylic acid groups (broad SMARTS) is 1. The molecule has 0 aliphatic heterocycles. The van der Waals surface area contributed by atoms with Crippen LogP contribution in [0.15, 0.2) is 48.5 Å². The summed E-state index contributed by atoms with van der Waals surface area (Å²) in [6, 6.07) is 15.1. The second-order valence-corrected chi connectivity index (χ2v) is 4.12. The molecular formula is C15H15NO3. The van der Waals surface area contributed by atoms with Gasteiger partial charge in [-0.1, -0.05) is 24.3 Å². The lowest BCUT2D eigenvalue weighted by Crippen LogP contribution is -2.03. The molecule has 0 aliphatic rings. The molecule has 0 fully saturated rings. The molecule has 0 saturated carbocycles. The maximum atomic E-state index is 10.5. The van der Waals surface area contributed by atoms with Crippen LogP contribution in [-0.4, -0.2) is 16.1 Å². The van der Waals surface area contributed by atoms with Crippen LogP contribution in [-0.2, 0) is 17.8 Å². The number of aromatic nitrogens is 1. The van der Waals surface area contributed by atoms with Gasteiger partial charge in [0.1, 0.15) is 12.4 Å². The van der Waals surface area contributed by atoms with Gasteiger partial charge in [0.15, 0.2) is 0 Å². The van der Waals surface area contributed by atoms with E-state index in [2.05, 4.69) is 4.98 Å². The Hall–Kier alpha value is -2.36. The normalized spacial score (nSPS) is 10.1. The second-order valence-electron chi connectivity index (χ2n) is 4.12. The molecule has 1 aromatic heterocycles. The van der Waals surface area contributed by atoms with E-state index in [0.29, 0.717) is 13.0 Å². The first-order valence-electron chi connectivity index (χ1n) is 6.08. The Balaban J connectivity index is 1.93. The zero-order chi connectivity index (χ0) is 13.5. The molecule has 2 aromatic rings. The molecule has 4 heteroatoms. The summed E-state index contributed by atoms with van der Waals surface area (Å²) in [6.45, 7) is 0.380. The fourth-order valence-corrected chi connectivity index (χ4v) is 1.66. The van der Waals surface area contributed by atoms with Crippen molar-refractivity contribution < 1.29 is 14.6 Å². The van der Waals surface area contributed by atoms with E-state index < -0.39 is 5.97 Å². The van der Waals surface area contributed by atoms with Gasteiger partial charge >= 0.3 is 5.97 Å². The summed E-state index contributed by atoms with van der Waals surface area (Å²) in [5.74, 6) is -0.0204. The van der Waals surface area contributed by atoms with Gasteiger partial charge in [0, 0.05) is 12.1 Å². The van der Waals surface area contributed by atoms with Crippen LogP contribution in [0, 0.1) is 0 Å². The molecule has 4 nitrogen and oxygen atoms in total. The van der Waals surface area contributed by atoms with Crippen molar-refractivity contribution in [1.82, 2.24) is 4.98 Å². The SMILES string of the molecule is O=C(O)CCc1cccc(COc2ccccc2)n1. The fraction of sp³-hybridized carbons (Fsp3) is 0.200. The number of nitrogens with zero attached hydrogens (tertiary/aromatic N) is 1. The van der Waals surface area contributed by atoms with E-state index in [4.69, 9.17) is 9.84 Å². The maximum Gasteiger partial charge on any atom is 0.303 e. The van der Waals surface area contributed by atoms with Crippen molar-refractivity contribution in [1.29, 1.82) is 0 Å². The van der Waals surface area contributed by atoms with Gasteiger partial charge in [-0.3, -0.25) is 9.78 Å². The minimum atomic E-state index is -0.812. The van der Waals surface area contributed by atoms with Gasteiger partial charge in [0.25, 0.3) is 0 Å². The summed E-state index contributed by atoms with van der Waals surface area (Å²) >= 11 is 0. The highest BCUT2D eigenvalue weighted by molar-refractivity contribution is 5.66. The van der Waals surface area contributed by atoms with Crippen LogP contribution in [0.25, 0.3) is 0 Å². The third-order valence-corrected chi connectivity index (χ3v) is 2.59. The number of ether oxygens (including phenoxy) is 1. The molecule has 0 saturated heterocycles. The summed E-state index contributed by atoms with van der Waals surface area (Å²) < 4.78 is 5.59. The topological polar surface area (TPSA) is 59.4 Å². The molecule has 2 rings (SSSR count). The highest BCUT2D eigenvalue weighted by atomic mass is 16.5. The smallest absolute Gasteiger partial charge is 0.303 e. The number of hydrogen-bond donors (Lipinski definition) is 1. The Morgan fingerprint density at radius 2 is 1.79 bits per heavy atom. The van der Waals surface area contributed by atoms with E-state index in [0.717, 1.165) is 17.1 Å². The molecule has 19 heavy (non-hydrogen) atoms.